The van der Waals surface area contributed by atoms with Crippen LogP contribution in [0.4, 0.5) is 13.2 Å². The number of halogens is 3. The molecule has 0 heterocycles. The Bertz CT molecular complexity index is 527. The van der Waals surface area contributed by atoms with E-state index in [1.807, 2.05) is 6.92 Å². The zero-order valence-electron chi connectivity index (χ0n) is 13.2. The fourth-order valence-corrected chi connectivity index (χ4v) is 2.39. The maximum absolute atomic E-state index is 12.7. The van der Waals surface area contributed by atoms with Crippen LogP contribution < -0.4 is 10.6 Å². The number of hydrogen-bond acceptors (Lipinski definition) is 2. The van der Waals surface area contributed by atoms with Crippen LogP contribution in [-0.2, 0) is 11.0 Å². The van der Waals surface area contributed by atoms with Crippen molar-refractivity contribution >= 4 is 5.91 Å². The van der Waals surface area contributed by atoms with Crippen molar-refractivity contribution in [3.63, 3.8) is 0 Å². The number of hydrogen-bond donors (Lipinski definition) is 2. The van der Waals surface area contributed by atoms with Crippen LogP contribution in [-0.4, -0.2) is 25.5 Å². The molecule has 1 fully saturated rings. The van der Waals surface area contributed by atoms with Gasteiger partial charge in [0, 0.05) is 6.54 Å². The molecule has 3 nitrogen and oxygen atoms in total. The minimum Gasteiger partial charge on any atom is -0.355 e. The van der Waals surface area contributed by atoms with Gasteiger partial charge in [-0.3, -0.25) is 4.79 Å². The molecule has 0 spiro atoms. The normalized spacial score (nSPS) is 16.2. The molecule has 1 saturated carbocycles. The fraction of sp³-hybridized carbons (Fsp3) is 0.588. The summed E-state index contributed by atoms with van der Waals surface area (Å²) in [6.07, 6.45) is -1.24. The second kappa shape index (κ2) is 7.81. The first-order valence-electron chi connectivity index (χ1n) is 8.01. The molecule has 1 aliphatic rings. The monoisotopic (exact) mass is 328 g/mol. The van der Waals surface area contributed by atoms with Crippen LogP contribution in [0.5, 0.6) is 0 Å². The first kappa shape index (κ1) is 17.8. The van der Waals surface area contributed by atoms with E-state index in [0.29, 0.717) is 25.1 Å². The fourth-order valence-electron chi connectivity index (χ4n) is 2.39. The van der Waals surface area contributed by atoms with Gasteiger partial charge in [0.05, 0.1) is 12.1 Å². The van der Waals surface area contributed by atoms with Gasteiger partial charge in [0.25, 0.3) is 0 Å². The summed E-state index contributed by atoms with van der Waals surface area (Å²) < 4.78 is 38.1. The number of carbonyl (C=O) groups excluding carboxylic acids is 1. The summed E-state index contributed by atoms with van der Waals surface area (Å²) in [5.74, 6) is 0.614. The highest BCUT2D eigenvalue weighted by Crippen LogP contribution is 2.31. The molecule has 1 unspecified atom stereocenters. The molecule has 23 heavy (non-hydrogen) atoms. The summed E-state index contributed by atoms with van der Waals surface area (Å²) in [4.78, 5) is 11.6. The predicted molar refractivity (Wildman–Crippen MR) is 83.1 cm³/mol. The van der Waals surface area contributed by atoms with Crippen molar-refractivity contribution in [1.82, 2.24) is 10.6 Å². The second-order valence-electron chi connectivity index (χ2n) is 6.24. The molecule has 0 bridgehead atoms. The molecular weight excluding hydrogens is 305 g/mol. The summed E-state index contributed by atoms with van der Waals surface area (Å²) in [6.45, 7) is 3.51. The summed E-state index contributed by atoms with van der Waals surface area (Å²) >= 11 is 0. The maximum Gasteiger partial charge on any atom is 0.416 e. The van der Waals surface area contributed by atoms with Crippen LogP contribution in [0, 0.1) is 5.92 Å². The molecule has 0 aliphatic heterocycles. The Morgan fingerprint density at radius 3 is 2.74 bits per heavy atom. The van der Waals surface area contributed by atoms with Crippen LogP contribution in [0.2, 0.25) is 0 Å². The predicted octanol–water partition coefficient (Wildman–Crippen LogP) is 3.31. The molecule has 1 atom stereocenters. The van der Waals surface area contributed by atoms with Gasteiger partial charge in [-0.1, -0.05) is 25.1 Å². The molecule has 2 rings (SSSR count). The Kier molecular flexibility index (Phi) is 6.04. The largest absolute Gasteiger partial charge is 0.416 e. The van der Waals surface area contributed by atoms with Crippen molar-refractivity contribution in [2.45, 2.75) is 38.3 Å². The van der Waals surface area contributed by atoms with E-state index in [4.69, 9.17) is 0 Å². The Hall–Kier alpha value is -1.56. The Morgan fingerprint density at radius 1 is 1.35 bits per heavy atom. The van der Waals surface area contributed by atoms with Crippen molar-refractivity contribution in [2.75, 3.05) is 19.6 Å². The third-order valence-electron chi connectivity index (χ3n) is 4.10. The quantitative estimate of drug-likeness (QED) is 0.769. The smallest absolute Gasteiger partial charge is 0.355 e. The highest BCUT2D eigenvalue weighted by atomic mass is 19.4. The van der Waals surface area contributed by atoms with Gasteiger partial charge in [0.1, 0.15) is 0 Å². The van der Waals surface area contributed by atoms with Gasteiger partial charge in [-0.2, -0.15) is 13.2 Å². The number of nitrogens with one attached hydrogen (secondary N) is 2. The minimum absolute atomic E-state index is 0.0444. The van der Waals surface area contributed by atoms with Gasteiger partial charge >= 0.3 is 6.18 Å². The van der Waals surface area contributed by atoms with Gasteiger partial charge < -0.3 is 10.6 Å². The van der Waals surface area contributed by atoms with Gasteiger partial charge in [0.15, 0.2) is 0 Å². The number of benzene rings is 1. The number of alkyl halides is 3. The lowest BCUT2D eigenvalue weighted by atomic mass is 9.96. The Morgan fingerprint density at radius 2 is 2.09 bits per heavy atom. The Labute approximate surface area is 134 Å². The Balaban J connectivity index is 1.71. The standard InChI is InChI=1S/C17H23F3N2O/c1-12(14-3-2-4-15(9-14)17(18,19)20)7-8-22-16(23)11-21-10-13-5-6-13/h2-4,9,12-13,21H,5-8,10-11H2,1H3,(H,22,23). The number of rotatable bonds is 8. The van der Waals surface area contributed by atoms with Crippen molar-refractivity contribution in [3.05, 3.63) is 35.4 Å². The number of amides is 1. The van der Waals surface area contributed by atoms with E-state index in [-0.39, 0.29) is 11.8 Å². The SMILES string of the molecule is CC(CCNC(=O)CNCC1CC1)c1cccc(C(F)(F)F)c1. The molecule has 1 aliphatic carbocycles. The average molecular weight is 328 g/mol. The van der Waals surface area contributed by atoms with Crippen molar-refractivity contribution < 1.29 is 18.0 Å². The molecule has 128 valence electrons. The van der Waals surface area contributed by atoms with Crippen LogP contribution in [0.15, 0.2) is 24.3 Å². The van der Waals surface area contributed by atoms with E-state index in [9.17, 15) is 18.0 Å². The summed E-state index contributed by atoms with van der Waals surface area (Å²) in [7, 11) is 0. The van der Waals surface area contributed by atoms with Crippen LogP contribution >= 0.6 is 0 Å². The molecule has 0 aromatic heterocycles. The van der Waals surface area contributed by atoms with E-state index in [0.717, 1.165) is 18.5 Å². The van der Waals surface area contributed by atoms with E-state index in [2.05, 4.69) is 10.6 Å². The topological polar surface area (TPSA) is 41.1 Å². The third kappa shape index (κ3) is 6.22. The molecule has 1 aromatic rings. The van der Waals surface area contributed by atoms with Gasteiger partial charge in [-0.15, -0.1) is 0 Å². The van der Waals surface area contributed by atoms with Crippen LogP contribution in [0.1, 0.15) is 43.2 Å². The zero-order chi connectivity index (χ0) is 16.9. The van der Waals surface area contributed by atoms with Crippen molar-refractivity contribution in [3.8, 4) is 0 Å². The third-order valence-corrected chi connectivity index (χ3v) is 4.10. The van der Waals surface area contributed by atoms with Gasteiger partial charge in [0.2, 0.25) is 5.91 Å². The molecule has 2 N–H and O–H groups in total. The van der Waals surface area contributed by atoms with Crippen molar-refractivity contribution in [1.29, 1.82) is 0 Å². The van der Waals surface area contributed by atoms with E-state index >= 15 is 0 Å². The van der Waals surface area contributed by atoms with Gasteiger partial charge in [-0.05, 0) is 49.3 Å². The highest BCUT2D eigenvalue weighted by Gasteiger charge is 2.30. The number of carbonyl (C=O) groups is 1. The maximum atomic E-state index is 12.7. The molecule has 1 aromatic carbocycles. The summed E-state index contributed by atoms with van der Waals surface area (Å²) in [5.41, 5.74) is 0.0103. The summed E-state index contributed by atoms with van der Waals surface area (Å²) in [5, 5.41) is 5.90. The highest BCUT2D eigenvalue weighted by molar-refractivity contribution is 5.77. The molecule has 1 amide bonds. The molecule has 0 radical (unpaired) electrons. The molecular formula is C17H23F3N2O. The van der Waals surface area contributed by atoms with E-state index < -0.39 is 11.7 Å². The average Bonchev–Trinajstić information content (AvgIpc) is 3.30. The van der Waals surface area contributed by atoms with E-state index in [1.165, 1.54) is 25.0 Å². The second-order valence-corrected chi connectivity index (χ2v) is 6.24. The van der Waals surface area contributed by atoms with Gasteiger partial charge in [-0.25, -0.2) is 0 Å². The minimum atomic E-state index is -4.32. The van der Waals surface area contributed by atoms with E-state index in [1.54, 1.807) is 6.07 Å². The summed E-state index contributed by atoms with van der Waals surface area (Å²) in [6, 6.07) is 5.38. The van der Waals surface area contributed by atoms with Crippen molar-refractivity contribution in [2.24, 2.45) is 5.92 Å². The first-order valence-corrected chi connectivity index (χ1v) is 8.01. The zero-order valence-corrected chi connectivity index (χ0v) is 13.2. The molecule has 0 saturated heterocycles. The van der Waals surface area contributed by atoms with Crippen LogP contribution in [0.25, 0.3) is 0 Å². The lowest BCUT2D eigenvalue weighted by molar-refractivity contribution is -0.137. The molecule has 6 heteroatoms. The first-order chi connectivity index (χ1) is 10.9. The van der Waals surface area contributed by atoms with Crippen LogP contribution in [0.3, 0.4) is 0 Å². The lowest BCUT2D eigenvalue weighted by Gasteiger charge is -2.15. The lowest BCUT2D eigenvalue weighted by Crippen LogP contribution is -2.35.